The number of aliphatic hydroxyl groups is 2. The summed E-state index contributed by atoms with van der Waals surface area (Å²) in [6, 6.07) is 0. The lowest BCUT2D eigenvalue weighted by Gasteiger charge is -2.56. The molecule has 2 bridgehead atoms. The summed E-state index contributed by atoms with van der Waals surface area (Å²) < 4.78 is 5.79. The lowest BCUT2D eigenvalue weighted by molar-refractivity contribution is -0.189. The molecule has 3 aliphatic carbocycles. The molecular weight excluding hydrogens is 332 g/mol. The molecule has 5 heteroatoms. The minimum atomic E-state index is -0.894. The fourth-order valence-corrected chi connectivity index (χ4v) is 6.74. The van der Waals surface area contributed by atoms with Gasteiger partial charge in [0, 0.05) is 23.2 Å². The lowest BCUT2D eigenvalue weighted by Crippen LogP contribution is -2.58. The van der Waals surface area contributed by atoms with Crippen LogP contribution in [0.3, 0.4) is 0 Å². The van der Waals surface area contributed by atoms with Gasteiger partial charge in [-0.3, -0.25) is 4.79 Å². The molecule has 0 saturated heterocycles. The zero-order valence-electron chi connectivity index (χ0n) is 16.3. The fourth-order valence-electron chi connectivity index (χ4n) is 6.74. The SMILES string of the molecule is C=C[C@]1(C)[C@@H](OC(=O)CO)[C@]2(C)[C@H](C)CC[C@]3(CCC(=O)[C@@H]32)[C@@H](C)[C@@H]1O. The van der Waals surface area contributed by atoms with E-state index in [1.807, 2.05) is 20.8 Å². The van der Waals surface area contributed by atoms with Gasteiger partial charge >= 0.3 is 5.97 Å². The predicted molar refractivity (Wildman–Crippen MR) is 97.1 cm³/mol. The average Bonchev–Trinajstić information content (AvgIpc) is 2.97. The quantitative estimate of drug-likeness (QED) is 0.594. The molecule has 5 nitrogen and oxygen atoms in total. The van der Waals surface area contributed by atoms with Crippen molar-refractivity contribution in [2.45, 2.75) is 65.6 Å². The predicted octanol–water partition coefficient (Wildman–Crippen LogP) is 2.50. The van der Waals surface area contributed by atoms with Gasteiger partial charge in [0.25, 0.3) is 0 Å². The van der Waals surface area contributed by atoms with Crippen molar-refractivity contribution in [1.29, 1.82) is 0 Å². The third kappa shape index (κ3) is 2.22. The number of rotatable bonds is 3. The smallest absolute Gasteiger partial charge is 0.332 e. The first-order chi connectivity index (χ1) is 12.1. The number of esters is 1. The maximum absolute atomic E-state index is 13.1. The summed E-state index contributed by atoms with van der Waals surface area (Å²) in [7, 11) is 0. The maximum Gasteiger partial charge on any atom is 0.332 e. The molecule has 146 valence electrons. The van der Waals surface area contributed by atoms with E-state index >= 15 is 0 Å². The van der Waals surface area contributed by atoms with Crippen LogP contribution in [-0.2, 0) is 14.3 Å². The molecule has 0 amide bonds. The number of carbonyl (C=O) groups excluding carboxylic acids is 2. The third-order valence-corrected chi connectivity index (χ3v) is 8.43. The van der Waals surface area contributed by atoms with Gasteiger partial charge < -0.3 is 14.9 Å². The molecule has 3 saturated carbocycles. The van der Waals surface area contributed by atoms with Gasteiger partial charge in [0.1, 0.15) is 18.5 Å². The van der Waals surface area contributed by atoms with Crippen LogP contribution in [0.25, 0.3) is 0 Å². The second-order valence-corrected chi connectivity index (χ2v) is 9.27. The molecule has 0 aromatic rings. The van der Waals surface area contributed by atoms with Crippen LogP contribution >= 0.6 is 0 Å². The van der Waals surface area contributed by atoms with Crippen LogP contribution < -0.4 is 0 Å². The van der Waals surface area contributed by atoms with E-state index in [0.717, 1.165) is 19.3 Å². The summed E-state index contributed by atoms with van der Waals surface area (Å²) in [4.78, 5) is 25.2. The Labute approximate surface area is 155 Å². The van der Waals surface area contributed by atoms with Crippen molar-refractivity contribution in [3.8, 4) is 0 Å². The van der Waals surface area contributed by atoms with Gasteiger partial charge in [0.15, 0.2) is 0 Å². The number of ketones is 1. The van der Waals surface area contributed by atoms with Gasteiger partial charge in [-0.25, -0.2) is 4.79 Å². The van der Waals surface area contributed by atoms with Crippen molar-refractivity contribution in [2.75, 3.05) is 6.61 Å². The van der Waals surface area contributed by atoms with E-state index in [-0.39, 0.29) is 29.0 Å². The standard InChI is InChI=1S/C21H32O5/c1-6-19(4)17(25)13(3)21-9-7-12(2)20(5,16(21)14(23)8-10-21)18(19)26-15(24)11-22/h6,12-13,16-18,22,25H,1,7-11H2,2-5H3/t12-,13+,16-,17+,18-,19+,20-,21+/m1/s1. The van der Waals surface area contributed by atoms with Crippen LogP contribution in [-0.4, -0.2) is 40.8 Å². The van der Waals surface area contributed by atoms with Gasteiger partial charge in [-0.05, 0) is 36.5 Å². The van der Waals surface area contributed by atoms with Gasteiger partial charge in [-0.1, -0.05) is 33.8 Å². The number of ether oxygens (including phenoxy) is 1. The first-order valence-corrected chi connectivity index (χ1v) is 9.74. The third-order valence-electron chi connectivity index (χ3n) is 8.43. The zero-order valence-corrected chi connectivity index (χ0v) is 16.3. The Morgan fingerprint density at radius 1 is 1.35 bits per heavy atom. The van der Waals surface area contributed by atoms with Crippen molar-refractivity contribution in [3.63, 3.8) is 0 Å². The van der Waals surface area contributed by atoms with Crippen molar-refractivity contribution in [1.82, 2.24) is 0 Å². The summed E-state index contributed by atoms with van der Waals surface area (Å²) in [5.41, 5.74) is -1.76. The molecule has 0 aromatic carbocycles. The minimum Gasteiger partial charge on any atom is -0.459 e. The molecule has 3 aliphatic rings. The number of Topliss-reactive ketones (excluding diaryl/α,β-unsaturated/α-hetero) is 1. The summed E-state index contributed by atoms with van der Waals surface area (Å²) in [5.74, 6) is -0.708. The van der Waals surface area contributed by atoms with E-state index in [0.29, 0.717) is 6.42 Å². The van der Waals surface area contributed by atoms with Gasteiger partial charge in [0.05, 0.1) is 6.10 Å². The average molecular weight is 364 g/mol. The van der Waals surface area contributed by atoms with Crippen LogP contribution in [0.4, 0.5) is 0 Å². The van der Waals surface area contributed by atoms with Crippen LogP contribution in [0.5, 0.6) is 0 Å². The Hall–Kier alpha value is -1.20. The van der Waals surface area contributed by atoms with Gasteiger partial charge in [0.2, 0.25) is 0 Å². The largest absolute Gasteiger partial charge is 0.459 e. The van der Waals surface area contributed by atoms with E-state index in [2.05, 4.69) is 13.5 Å². The van der Waals surface area contributed by atoms with Crippen LogP contribution in [0.15, 0.2) is 12.7 Å². The molecule has 0 aromatic heterocycles. The summed E-state index contributed by atoms with van der Waals surface area (Å²) in [5, 5.41) is 20.7. The summed E-state index contributed by atoms with van der Waals surface area (Å²) >= 11 is 0. The molecular formula is C21H32O5. The highest BCUT2D eigenvalue weighted by Gasteiger charge is 2.71. The Morgan fingerprint density at radius 3 is 2.58 bits per heavy atom. The minimum absolute atomic E-state index is 0.105. The Morgan fingerprint density at radius 2 is 2.00 bits per heavy atom. The number of hydrogen-bond acceptors (Lipinski definition) is 5. The molecule has 3 fully saturated rings. The van der Waals surface area contributed by atoms with E-state index in [1.54, 1.807) is 6.08 Å². The second-order valence-electron chi connectivity index (χ2n) is 9.27. The number of aliphatic hydroxyl groups excluding tert-OH is 2. The normalized spacial score (nSPS) is 50.7. The summed E-state index contributed by atoms with van der Waals surface area (Å²) in [6.45, 7) is 11.3. The monoisotopic (exact) mass is 364 g/mol. The highest BCUT2D eigenvalue weighted by Crippen LogP contribution is 2.69. The molecule has 2 N–H and O–H groups in total. The van der Waals surface area contributed by atoms with E-state index in [9.17, 15) is 19.8 Å². The maximum atomic E-state index is 13.1. The van der Waals surface area contributed by atoms with E-state index < -0.39 is 35.6 Å². The van der Waals surface area contributed by atoms with Crippen LogP contribution in [0.1, 0.15) is 53.4 Å². The summed E-state index contributed by atoms with van der Waals surface area (Å²) in [6.07, 6.45) is 3.33. The highest BCUT2D eigenvalue weighted by atomic mass is 16.6. The number of carbonyl (C=O) groups is 2. The topological polar surface area (TPSA) is 83.8 Å². The zero-order chi connectivity index (χ0) is 19.5. The van der Waals surface area contributed by atoms with Gasteiger partial charge in [-0.15, -0.1) is 6.58 Å². The molecule has 0 spiro atoms. The van der Waals surface area contributed by atoms with Crippen LogP contribution in [0, 0.1) is 34.0 Å². The first-order valence-electron chi connectivity index (χ1n) is 9.74. The Balaban J connectivity index is 2.27. The lowest BCUT2D eigenvalue weighted by atomic mass is 9.49. The fraction of sp³-hybridized carbons (Fsp3) is 0.810. The molecule has 3 rings (SSSR count). The van der Waals surface area contributed by atoms with Crippen molar-refractivity contribution < 1.29 is 24.5 Å². The number of hydrogen-bond donors (Lipinski definition) is 2. The second kappa shape index (κ2) is 6.16. The Kier molecular flexibility index (Phi) is 4.64. The molecule has 0 aliphatic heterocycles. The highest BCUT2D eigenvalue weighted by molar-refractivity contribution is 5.86. The van der Waals surface area contributed by atoms with E-state index in [4.69, 9.17) is 4.74 Å². The van der Waals surface area contributed by atoms with Gasteiger partial charge in [-0.2, -0.15) is 0 Å². The van der Waals surface area contributed by atoms with Crippen LogP contribution in [0.2, 0.25) is 0 Å². The van der Waals surface area contributed by atoms with Crippen molar-refractivity contribution >= 4 is 11.8 Å². The molecule has 8 atom stereocenters. The van der Waals surface area contributed by atoms with Crippen molar-refractivity contribution in [2.24, 2.45) is 34.0 Å². The molecule has 0 heterocycles. The molecule has 26 heavy (non-hydrogen) atoms. The molecule has 0 radical (unpaired) electrons. The van der Waals surface area contributed by atoms with E-state index in [1.165, 1.54) is 0 Å². The molecule has 0 unspecified atom stereocenters. The van der Waals surface area contributed by atoms with Crippen molar-refractivity contribution in [3.05, 3.63) is 12.7 Å². The Bertz CT molecular complexity index is 630. The first kappa shape index (κ1) is 19.6.